The fourth-order valence-electron chi connectivity index (χ4n) is 4.48. The van der Waals surface area contributed by atoms with Crippen LogP contribution >= 0.6 is 15.9 Å². The Morgan fingerprint density at radius 2 is 1.96 bits per heavy atom. The van der Waals surface area contributed by atoms with Gasteiger partial charge in [0.05, 0.1) is 12.6 Å². The Labute approximate surface area is 151 Å². The summed E-state index contributed by atoms with van der Waals surface area (Å²) >= 11 is 3.53. The zero-order valence-electron chi connectivity index (χ0n) is 13.8. The first-order chi connectivity index (χ1) is 11.6. The second-order valence-corrected chi connectivity index (χ2v) is 8.17. The van der Waals surface area contributed by atoms with Gasteiger partial charge in [0.2, 0.25) is 11.8 Å². The summed E-state index contributed by atoms with van der Waals surface area (Å²) in [6.45, 7) is 1.67. The third kappa shape index (κ3) is 2.87. The van der Waals surface area contributed by atoms with Crippen molar-refractivity contribution in [2.75, 3.05) is 19.6 Å². The van der Waals surface area contributed by atoms with Crippen LogP contribution in [0.2, 0.25) is 0 Å². The van der Waals surface area contributed by atoms with Crippen LogP contribution in [0, 0.1) is 5.92 Å². The molecule has 0 bridgehead atoms. The average molecular weight is 391 g/mol. The summed E-state index contributed by atoms with van der Waals surface area (Å²) in [5.41, 5.74) is 2.50. The topological polar surface area (TPSA) is 40.6 Å². The number of halogens is 1. The monoisotopic (exact) mass is 390 g/mol. The van der Waals surface area contributed by atoms with Crippen molar-refractivity contribution >= 4 is 27.7 Å². The second kappa shape index (κ2) is 6.51. The lowest BCUT2D eigenvalue weighted by Gasteiger charge is -2.45. The highest BCUT2D eigenvalue weighted by Gasteiger charge is 2.40. The van der Waals surface area contributed by atoms with Crippen LogP contribution in [0.3, 0.4) is 0 Å². The van der Waals surface area contributed by atoms with Crippen molar-refractivity contribution in [2.45, 2.75) is 44.6 Å². The van der Waals surface area contributed by atoms with Gasteiger partial charge in [0, 0.05) is 23.5 Å². The molecule has 1 aromatic carbocycles. The first-order valence-electron chi connectivity index (χ1n) is 9.00. The minimum atomic E-state index is 0.0237. The second-order valence-electron chi connectivity index (χ2n) is 7.25. The van der Waals surface area contributed by atoms with E-state index in [2.05, 4.69) is 28.1 Å². The Kier molecular flexibility index (Phi) is 4.37. The number of hydrogen-bond donors (Lipinski definition) is 0. The molecule has 1 saturated heterocycles. The smallest absolute Gasteiger partial charge is 0.242 e. The minimum Gasteiger partial charge on any atom is -0.332 e. The van der Waals surface area contributed by atoms with Crippen LogP contribution in [0.15, 0.2) is 22.7 Å². The van der Waals surface area contributed by atoms with Crippen molar-refractivity contribution < 1.29 is 9.59 Å². The molecular formula is C19H23BrN2O2. The molecule has 0 aromatic heterocycles. The molecule has 1 unspecified atom stereocenters. The lowest BCUT2D eigenvalue weighted by atomic mass is 9.87. The average Bonchev–Trinajstić information content (AvgIpc) is 2.61. The van der Waals surface area contributed by atoms with Crippen LogP contribution in [0.5, 0.6) is 0 Å². The number of benzene rings is 1. The van der Waals surface area contributed by atoms with Gasteiger partial charge in [-0.3, -0.25) is 9.59 Å². The van der Waals surface area contributed by atoms with Crippen molar-refractivity contribution in [3.8, 4) is 0 Å². The normalized spacial score (nSPS) is 24.5. The Balaban J connectivity index is 1.58. The molecule has 4 nitrogen and oxygen atoms in total. The largest absolute Gasteiger partial charge is 0.332 e. The van der Waals surface area contributed by atoms with Crippen LogP contribution in [-0.2, 0) is 16.0 Å². The Hall–Kier alpha value is -1.36. The summed E-state index contributed by atoms with van der Waals surface area (Å²) in [7, 11) is 0. The van der Waals surface area contributed by atoms with Gasteiger partial charge >= 0.3 is 0 Å². The van der Waals surface area contributed by atoms with Crippen molar-refractivity contribution in [1.82, 2.24) is 9.80 Å². The maximum Gasteiger partial charge on any atom is 0.242 e. The van der Waals surface area contributed by atoms with Gasteiger partial charge in [-0.1, -0.05) is 41.3 Å². The molecule has 1 atom stereocenters. The predicted octanol–water partition coefficient (Wildman–Crippen LogP) is 3.30. The van der Waals surface area contributed by atoms with E-state index in [9.17, 15) is 9.59 Å². The maximum atomic E-state index is 12.9. The third-order valence-electron chi connectivity index (χ3n) is 5.77. The molecule has 4 rings (SSSR count). The fourth-order valence-corrected chi connectivity index (χ4v) is 4.89. The van der Waals surface area contributed by atoms with Gasteiger partial charge in [0.25, 0.3) is 0 Å². The van der Waals surface area contributed by atoms with Gasteiger partial charge in [-0.25, -0.2) is 0 Å². The summed E-state index contributed by atoms with van der Waals surface area (Å²) < 4.78 is 1.08. The summed E-state index contributed by atoms with van der Waals surface area (Å²) in [4.78, 5) is 29.3. The number of carbonyl (C=O) groups is 2. The number of carbonyl (C=O) groups excluding carboxylic acids is 2. The summed E-state index contributed by atoms with van der Waals surface area (Å²) in [5.74, 6) is 0.432. The molecule has 128 valence electrons. The molecule has 0 N–H and O–H groups in total. The molecule has 2 heterocycles. The number of nitrogens with zero attached hydrogens (tertiary/aromatic N) is 2. The summed E-state index contributed by atoms with van der Waals surface area (Å²) in [5, 5.41) is 0. The quantitative estimate of drug-likeness (QED) is 0.737. The fraction of sp³-hybridized carbons (Fsp3) is 0.579. The van der Waals surface area contributed by atoms with Gasteiger partial charge < -0.3 is 9.80 Å². The molecule has 2 aliphatic heterocycles. The van der Waals surface area contributed by atoms with E-state index in [0.29, 0.717) is 6.54 Å². The maximum absolute atomic E-state index is 12.9. The molecule has 0 radical (unpaired) electrons. The highest BCUT2D eigenvalue weighted by Crippen LogP contribution is 2.35. The number of amides is 2. The van der Waals surface area contributed by atoms with E-state index in [1.807, 2.05) is 15.9 Å². The van der Waals surface area contributed by atoms with Gasteiger partial charge in [-0.2, -0.15) is 0 Å². The first-order valence-corrected chi connectivity index (χ1v) is 9.79. The van der Waals surface area contributed by atoms with Gasteiger partial charge in [0.15, 0.2) is 0 Å². The number of piperazine rings is 1. The SMILES string of the molecule is O=C(C1CCCCC1)N1CC(=O)N2CCc3cc(Br)ccc3C2C1. The molecular weight excluding hydrogens is 368 g/mol. The molecule has 5 heteroatoms. The highest BCUT2D eigenvalue weighted by molar-refractivity contribution is 9.10. The molecule has 1 aromatic rings. The van der Waals surface area contributed by atoms with E-state index < -0.39 is 0 Å². The minimum absolute atomic E-state index is 0.0237. The van der Waals surface area contributed by atoms with E-state index in [1.54, 1.807) is 0 Å². The first kappa shape index (κ1) is 16.1. The summed E-state index contributed by atoms with van der Waals surface area (Å²) in [6, 6.07) is 6.32. The summed E-state index contributed by atoms with van der Waals surface area (Å²) in [6.07, 6.45) is 6.40. The van der Waals surface area contributed by atoms with Crippen LogP contribution in [0.1, 0.15) is 49.3 Å². The predicted molar refractivity (Wildman–Crippen MR) is 95.5 cm³/mol. The Morgan fingerprint density at radius 1 is 1.17 bits per heavy atom. The van der Waals surface area contributed by atoms with Crippen LogP contribution in [-0.4, -0.2) is 41.2 Å². The number of hydrogen-bond acceptors (Lipinski definition) is 2. The van der Waals surface area contributed by atoms with E-state index in [-0.39, 0.29) is 30.3 Å². The van der Waals surface area contributed by atoms with Gasteiger partial charge in [-0.05, 0) is 42.5 Å². The zero-order valence-corrected chi connectivity index (χ0v) is 15.4. The van der Waals surface area contributed by atoms with Crippen molar-refractivity contribution in [1.29, 1.82) is 0 Å². The van der Waals surface area contributed by atoms with E-state index in [4.69, 9.17) is 0 Å². The molecule has 0 spiro atoms. The molecule has 2 amide bonds. The van der Waals surface area contributed by atoms with E-state index in [0.717, 1.165) is 43.1 Å². The lowest BCUT2D eigenvalue weighted by molar-refractivity contribution is -0.152. The highest BCUT2D eigenvalue weighted by atomic mass is 79.9. The van der Waals surface area contributed by atoms with E-state index in [1.165, 1.54) is 17.5 Å². The molecule has 3 aliphatic rings. The number of rotatable bonds is 1. The van der Waals surface area contributed by atoms with Gasteiger partial charge in [-0.15, -0.1) is 0 Å². The van der Waals surface area contributed by atoms with E-state index >= 15 is 0 Å². The van der Waals surface area contributed by atoms with Crippen molar-refractivity contribution in [3.05, 3.63) is 33.8 Å². The van der Waals surface area contributed by atoms with Crippen LogP contribution in [0.25, 0.3) is 0 Å². The van der Waals surface area contributed by atoms with Crippen molar-refractivity contribution in [2.24, 2.45) is 5.92 Å². The molecule has 1 saturated carbocycles. The van der Waals surface area contributed by atoms with Crippen molar-refractivity contribution in [3.63, 3.8) is 0 Å². The Bertz CT molecular complexity index is 669. The lowest BCUT2D eigenvalue weighted by Crippen LogP contribution is -2.56. The van der Waals surface area contributed by atoms with Crippen LogP contribution in [0.4, 0.5) is 0 Å². The van der Waals surface area contributed by atoms with Crippen LogP contribution < -0.4 is 0 Å². The molecule has 1 aliphatic carbocycles. The molecule has 2 fully saturated rings. The standard InChI is InChI=1S/C19H23BrN2O2/c20-15-6-7-16-14(10-15)8-9-22-17(16)11-21(12-18(22)23)19(24)13-4-2-1-3-5-13/h6-7,10,13,17H,1-5,8-9,11-12H2. The Morgan fingerprint density at radius 3 is 2.75 bits per heavy atom. The zero-order chi connectivity index (χ0) is 16.7. The van der Waals surface area contributed by atoms with Gasteiger partial charge in [0.1, 0.15) is 0 Å². The third-order valence-corrected chi connectivity index (χ3v) is 6.26. The molecule has 24 heavy (non-hydrogen) atoms. The number of fused-ring (bicyclic) bond motifs is 3.